The minimum atomic E-state index is -4.73. The fraction of sp³-hybridized carbons (Fsp3) is 0.700. The van der Waals surface area contributed by atoms with E-state index in [0.29, 0.717) is 12.8 Å². The topological polar surface area (TPSA) is 52.3 Å². The SMILES string of the molecule is C=C(C(=O)OCCCC(C)(C)N)C(F)(F)F. The number of carbonyl (C=O) groups excluding carboxylic acids is 1. The van der Waals surface area contributed by atoms with Gasteiger partial charge in [-0.25, -0.2) is 4.79 Å². The first-order valence-corrected chi connectivity index (χ1v) is 4.76. The summed E-state index contributed by atoms with van der Waals surface area (Å²) in [5, 5.41) is 0. The summed E-state index contributed by atoms with van der Waals surface area (Å²) in [4.78, 5) is 10.8. The van der Waals surface area contributed by atoms with Gasteiger partial charge in [-0.3, -0.25) is 0 Å². The number of hydrogen-bond acceptors (Lipinski definition) is 3. The van der Waals surface area contributed by atoms with E-state index in [1.165, 1.54) is 0 Å². The molecule has 0 aromatic heterocycles. The summed E-state index contributed by atoms with van der Waals surface area (Å²) in [6, 6.07) is 0. The van der Waals surface area contributed by atoms with Crippen LogP contribution < -0.4 is 5.73 Å². The first kappa shape index (κ1) is 15.0. The molecule has 94 valence electrons. The number of nitrogens with two attached hydrogens (primary N) is 1. The summed E-state index contributed by atoms with van der Waals surface area (Å²) in [6.45, 7) is 6.10. The van der Waals surface area contributed by atoms with Gasteiger partial charge in [-0.1, -0.05) is 6.58 Å². The van der Waals surface area contributed by atoms with Crippen LogP contribution in [-0.4, -0.2) is 24.3 Å². The lowest BCUT2D eigenvalue weighted by Crippen LogP contribution is -2.32. The van der Waals surface area contributed by atoms with Crippen LogP contribution in [0.25, 0.3) is 0 Å². The molecule has 0 aliphatic heterocycles. The molecule has 0 bridgehead atoms. The fourth-order valence-corrected chi connectivity index (χ4v) is 0.895. The van der Waals surface area contributed by atoms with Crippen LogP contribution >= 0.6 is 0 Å². The first-order valence-electron chi connectivity index (χ1n) is 4.76. The van der Waals surface area contributed by atoms with E-state index in [9.17, 15) is 18.0 Å². The number of halogens is 3. The molecule has 0 aliphatic rings. The molecule has 0 unspecified atom stereocenters. The van der Waals surface area contributed by atoms with Gasteiger partial charge in [0.1, 0.15) is 5.57 Å². The Morgan fingerprint density at radius 3 is 2.25 bits per heavy atom. The summed E-state index contributed by atoms with van der Waals surface area (Å²) in [7, 11) is 0. The largest absolute Gasteiger partial charge is 0.462 e. The van der Waals surface area contributed by atoms with Crippen molar-refractivity contribution in [3.8, 4) is 0 Å². The van der Waals surface area contributed by atoms with Gasteiger partial charge < -0.3 is 10.5 Å². The second kappa shape index (κ2) is 5.34. The fourth-order valence-electron chi connectivity index (χ4n) is 0.895. The van der Waals surface area contributed by atoms with Crippen LogP contribution in [0.2, 0.25) is 0 Å². The van der Waals surface area contributed by atoms with Gasteiger partial charge in [0, 0.05) is 5.54 Å². The van der Waals surface area contributed by atoms with Crippen molar-refractivity contribution < 1.29 is 22.7 Å². The van der Waals surface area contributed by atoms with Crippen LogP contribution in [0.15, 0.2) is 12.2 Å². The molecule has 2 N–H and O–H groups in total. The molecule has 0 spiro atoms. The maximum absolute atomic E-state index is 12.0. The molecule has 0 amide bonds. The summed E-state index contributed by atoms with van der Waals surface area (Å²) in [5.74, 6) is -1.43. The van der Waals surface area contributed by atoms with Gasteiger partial charge in [0.05, 0.1) is 6.61 Å². The zero-order chi connectivity index (χ0) is 13.0. The Morgan fingerprint density at radius 1 is 1.38 bits per heavy atom. The Balaban J connectivity index is 3.88. The average Bonchev–Trinajstić information content (AvgIpc) is 2.07. The zero-order valence-corrected chi connectivity index (χ0v) is 9.36. The Morgan fingerprint density at radius 2 is 1.88 bits per heavy atom. The van der Waals surface area contributed by atoms with Crippen LogP contribution in [0.5, 0.6) is 0 Å². The average molecular weight is 239 g/mol. The number of ether oxygens (including phenoxy) is 1. The van der Waals surface area contributed by atoms with Gasteiger partial charge in [0.2, 0.25) is 0 Å². The van der Waals surface area contributed by atoms with Crippen LogP contribution in [-0.2, 0) is 9.53 Å². The van der Waals surface area contributed by atoms with E-state index in [2.05, 4.69) is 11.3 Å². The van der Waals surface area contributed by atoms with Crippen LogP contribution in [0.3, 0.4) is 0 Å². The molecule has 0 atom stereocenters. The lowest BCUT2D eigenvalue weighted by atomic mass is 10.0. The van der Waals surface area contributed by atoms with E-state index in [0.717, 1.165) is 0 Å². The maximum Gasteiger partial charge on any atom is 0.422 e. The Bertz CT molecular complexity index is 266. The van der Waals surface area contributed by atoms with E-state index in [1.54, 1.807) is 13.8 Å². The highest BCUT2D eigenvalue weighted by Gasteiger charge is 2.37. The molecule has 6 heteroatoms. The van der Waals surface area contributed by atoms with Crippen molar-refractivity contribution in [2.75, 3.05) is 6.61 Å². The maximum atomic E-state index is 12.0. The van der Waals surface area contributed by atoms with Crippen molar-refractivity contribution in [2.24, 2.45) is 5.73 Å². The number of hydrogen-bond donors (Lipinski definition) is 1. The molecule has 0 heterocycles. The van der Waals surface area contributed by atoms with Crippen molar-refractivity contribution in [3.63, 3.8) is 0 Å². The zero-order valence-electron chi connectivity index (χ0n) is 9.36. The molecular weight excluding hydrogens is 223 g/mol. The molecule has 0 aliphatic carbocycles. The highest BCUT2D eigenvalue weighted by Crippen LogP contribution is 2.24. The second-order valence-electron chi connectivity index (χ2n) is 4.20. The third kappa shape index (κ3) is 6.44. The van der Waals surface area contributed by atoms with Gasteiger partial charge in [0.25, 0.3) is 0 Å². The smallest absolute Gasteiger partial charge is 0.422 e. The summed E-state index contributed by atoms with van der Waals surface area (Å²) in [6.07, 6.45) is -3.76. The van der Waals surface area contributed by atoms with E-state index in [4.69, 9.17) is 5.73 Å². The highest BCUT2D eigenvalue weighted by molar-refractivity contribution is 5.89. The molecule has 0 rings (SSSR count). The van der Waals surface area contributed by atoms with E-state index in [1.807, 2.05) is 0 Å². The monoisotopic (exact) mass is 239 g/mol. The standard InChI is InChI=1S/C10H16F3NO2/c1-7(10(11,12)13)8(15)16-6-4-5-9(2,3)14/h1,4-6,14H2,2-3H3. The van der Waals surface area contributed by atoms with E-state index in [-0.39, 0.29) is 6.61 Å². The Labute approximate surface area is 92.4 Å². The molecule has 0 aromatic carbocycles. The van der Waals surface area contributed by atoms with Gasteiger partial charge in [-0.2, -0.15) is 13.2 Å². The molecule has 0 radical (unpaired) electrons. The van der Waals surface area contributed by atoms with Crippen LogP contribution in [0, 0.1) is 0 Å². The predicted molar refractivity (Wildman–Crippen MR) is 53.7 cm³/mol. The molecule has 16 heavy (non-hydrogen) atoms. The minimum Gasteiger partial charge on any atom is -0.462 e. The second-order valence-corrected chi connectivity index (χ2v) is 4.20. The van der Waals surface area contributed by atoms with Gasteiger partial charge in [0.15, 0.2) is 0 Å². The van der Waals surface area contributed by atoms with Crippen molar-refractivity contribution in [1.29, 1.82) is 0 Å². The van der Waals surface area contributed by atoms with Crippen LogP contribution in [0.1, 0.15) is 26.7 Å². The third-order valence-corrected chi connectivity index (χ3v) is 1.79. The number of alkyl halides is 3. The van der Waals surface area contributed by atoms with Gasteiger partial charge in [-0.05, 0) is 26.7 Å². The first-order chi connectivity index (χ1) is 7.04. The summed E-state index contributed by atoms with van der Waals surface area (Å²) >= 11 is 0. The molecule has 0 aromatic rings. The van der Waals surface area contributed by atoms with Gasteiger partial charge in [-0.15, -0.1) is 0 Å². The lowest BCUT2D eigenvalue weighted by Gasteiger charge is -2.18. The minimum absolute atomic E-state index is 0.0887. The predicted octanol–water partition coefficient (Wildman–Crippen LogP) is 2.17. The van der Waals surface area contributed by atoms with Crippen molar-refractivity contribution in [3.05, 3.63) is 12.2 Å². The normalized spacial score (nSPS) is 12.4. The van der Waals surface area contributed by atoms with Crippen molar-refractivity contribution in [2.45, 2.75) is 38.4 Å². The van der Waals surface area contributed by atoms with Crippen molar-refractivity contribution >= 4 is 5.97 Å². The molecule has 3 nitrogen and oxygen atoms in total. The van der Waals surface area contributed by atoms with Gasteiger partial charge >= 0.3 is 12.1 Å². The molecule has 0 saturated heterocycles. The molecule has 0 saturated carbocycles. The summed E-state index contributed by atoms with van der Waals surface area (Å²) in [5.41, 5.74) is 3.73. The Kier molecular flexibility index (Phi) is 4.99. The quantitative estimate of drug-likeness (QED) is 0.454. The Hall–Kier alpha value is -1.04. The summed E-state index contributed by atoms with van der Waals surface area (Å²) < 4.78 is 40.3. The number of carbonyl (C=O) groups is 1. The third-order valence-electron chi connectivity index (χ3n) is 1.79. The van der Waals surface area contributed by atoms with Crippen molar-refractivity contribution in [1.82, 2.24) is 0 Å². The molecule has 0 fully saturated rings. The lowest BCUT2D eigenvalue weighted by molar-refractivity contribution is -0.150. The van der Waals surface area contributed by atoms with E-state index < -0.39 is 23.3 Å². The number of rotatable bonds is 5. The molecular formula is C10H16F3NO2. The highest BCUT2D eigenvalue weighted by atomic mass is 19.4. The van der Waals surface area contributed by atoms with Crippen LogP contribution in [0.4, 0.5) is 13.2 Å². The van der Waals surface area contributed by atoms with E-state index >= 15 is 0 Å². The number of esters is 1.